The fourth-order valence-electron chi connectivity index (χ4n) is 1.51. The van der Waals surface area contributed by atoms with Crippen LogP contribution in [0.1, 0.15) is 24.5 Å². The number of aryl methyl sites for hydroxylation is 1. The fourth-order valence-corrected chi connectivity index (χ4v) is 1.51. The van der Waals surface area contributed by atoms with Crippen molar-refractivity contribution in [2.45, 2.75) is 33.2 Å². The second-order valence-electron chi connectivity index (χ2n) is 4.42. The summed E-state index contributed by atoms with van der Waals surface area (Å²) in [6.45, 7) is 5.59. The van der Waals surface area contributed by atoms with Crippen LogP contribution in [0.4, 0.5) is 0 Å². The average Bonchev–Trinajstić information content (AvgIpc) is 2.34. The number of rotatable bonds is 6. The molecule has 0 saturated carbocycles. The Balaban J connectivity index is 2.40. The third-order valence-electron chi connectivity index (χ3n) is 2.89. The zero-order valence-electron chi connectivity index (χ0n) is 11.4. The van der Waals surface area contributed by atoms with Crippen molar-refractivity contribution in [3.63, 3.8) is 0 Å². The van der Waals surface area contributed by atoms with E-state index in [4.69, 9.17) is 9.84 Å². The van der Waals surface area contributed by atoms with Crippen molar-refractivity contribution >= 4 is 11.9 Å². The van der Waals surface area contributed by atoms with E-state index in [1.54, 1.807) is 0 Å². The van der Waals surface area contributed by atoms with Gasteiger partial charge in [-0.25, -0.2) is 0 Å². The molecule has 0 saturated heterocycles. The quantitative estimate of drug-likeness (QED) is 0.820. The van der Waals surface area contributed by atoms with Crippen molar-refractivity contribution in [3.8, 4) is 5.75 Å². The molecule has 104 valence electrons. The van der Waals surface area contributed by atoms with Gasteiger partial charge in [0, 0.05) is 0 Å². The lowest BCUT2D eigenvalue weighted by atomic mass is 10.1. The molecule has 0 radical (unpaired) electrons. The maximum atomic E-state index is 11.4. The van der Waals surface area contributed by atoms with E-state index in [-0.39, 0.29) is 18.9 Å². The first-order chi connectivity index (χ1) is 8.91. The number of nitrogens with one attached hydrogen (secondary N) is 1. The Morgan fingerprint density at radius 1 is 1.37 bits per heavy atom. The van der Waals surface area contributed by atoms with Gasteiger partial charge in [0.15, 0.2) is 0 Å². The highest BCUT2D eigenvalue weighted by atomic mass is 16.5. The maximum absolute atomic E-state index is 11.4. The zero-order chi connectivity index (χ0) is 14.4. The molecule has 0 bridgehead atoms. The van der Waals surface area contributed by atoms with Gasteiger partial charge in [-0.05, 0) is 38.0 Å². The van der Waals surface area contributed by atoms with Crippen LogP contribution in [0.5, 0.6) is 5.75 Å². The van der Waals surface area contributed by atoms with Gasteiger partial charge in [-0.15, -0.1) is 0 Å². The molecule has 0 fully saturated rings. The molecule has 2 N–H and O–H groups in total. The normalized spacial score (nSPS) is 11.7. The Hall–Kier alpha value is -2.04. The standard InChI is InChI=1S/C14H19NO4/c1-9-5-4-6-12(10(9)2)19-8-7-13(16)15-11(3)14(17)18/h4-6,11H,7-8H2,1-3H3,(H,15,16)(H,17,18). The highest BCUT2D eigenvalue weighted by Crippen LogP contribution is 2.20. The number of amides is 1. The van der Waals surface area contributed by atoms with Gasteiger partial charge in [0.05, 0.1) is 13.0 Å². The predicted octanol–water partition coefficient (Wildman–Crippen LogP) is 1.66. The number of carboxylic acids is 1. The first kappa shape index (κ1) is 15.0. The molecule has 1 unspecified atom stereocenters. The molecule has 1 atom stereocenters. The molecule has 0 spiro atoms. The van der Waals surface area contributed by atoms with Crippen LogP contribution in [0.2, 0.25) is 0 Å². The molecule has 0 aliphatic heterocycles. The van der Waals surface area contributed by atoms with Crippen LogP contribution in [0.15, 0.2) is 18.2 Å². The van der Waals surface area contributed by atoms with Crippen molar-refractivity contribution < 1.29 is 19.4 Å². The third-order valence-corrected chi connectivity index (χ3v) is 2.89. The minimum absolute atomic E-state index is 0.130. The van der Waals surface area contributed by atoms with Crippen molar-refractivity contribution in [1.29, 1.82) is 0 Å². The molecule has 1 aromatic carbocycles. The Morgan fingerprint density at radius 2 is 2.05 bits per heavy atom. The average molecular weight is 265 g/mol. The number of carboxylic acid groups (broad SMARTS) is 1. The van der Waals surface area contributed by atoms with Gasteiger partial charge < -0.3 is 15.2 Å². The van der Waals surface area contributed by atoms with Gasteiger partial charge in [-0.1, -0.05) is 12.1 Å². The van der Waals surface area contributed by atoms with Crippen molar-refractivity contribution in [1.82, 2.24) is 5.32 Å². The Kier molecular flexibility index (Phi) is 5.36. The van der Waals surface area contributed by atoms with E-state index in [2.05, 4.69) is 5.32 Å². The lowest BCUT2D eigenvalue weighted by Crippen LogP contribution is -2.38. The Labute approximate surface area is 112 Å². The van der Waals surface area contributed by atoms with Gasteiger partial charge in [0.1, 0.15) is 11.8 Å². The summed E-state index contributed by atoms with van der Waals surface area (Å²) in [5, 5.41) is 11.0. The van der Waals surface area contributed by atoms with Crippen LogP contribution in [-0.2, 0) is 9.59 Å². The molecular formula is C14H19NO4. The van der Waals surface area contributed by atoms with Crippen LogP contribution in [0.3, 0.4) is 0 Å². The summed E-state index contributed by atoms with van der Waals surface area (Å²) in [6, 6.07) is 4.85. The zero-order valence-corrected chi connectivity index (χ0v) is 11.4. The third kappa shape index (κ3) is 4.62. The van der Waals surface area contributed by atoms with E-state index < -0.39 is 12.0 Å². The van der Waals surface area contributed by atoms with Gasteiger partial charge in [0.25, 0.3) is 0 Å². The molecular weight excluding hydrogens is 246 g/mol. The lowest BCUT2D eigenvalue weighted by molar-refractivity contribution is -0.141. The van der Waals surface area contributed by atoms with E-state index in [1.807, 2.05) is 32.0 Å². The summed E-state index contributed by atoms with van der Waals surface area (Å²) in [6.07, 6.45) is 0.130. The summed E-state index contributed by atoms with van der Waals surface area (Å²) in [5.41, 5.74) is 2.17. The van der Waals surface area contributed by atoms with Crippen LogP contribution < -0.4 is 10.1 Å². The first-order valence-corrected chi connectivity index (χ1v) is 6.13. The highest BCUT2D eigenvalue weighted by molar-refractivity contribution is 5.83. The van der Waals surface area contributed by atoms with Crippen molar-refractivity contribution in [2.75, 3.05) is 6.61 Å². The monoisotopic (exact) mass is 265 g/mol. The minimum atomic E-state index is -1.05. The summed E-state index contributed by atoms with van der Waals surface area (Å²) in [7, 11) is 0. The van der Waals surface area contributed by atoms with Crippen LogP contribution in [0.25, 0.3) is 0 Å². The number of carbonyl (C=O) groups excluding carboxylic acids is 1. The van der Waals surface area contributed by atoms with Gasteiger partial charge >= 0.3 is 5.97 Å². The lowest BCUT2D eigenvalue weighted by Gasteiger charge is -2.12. The topological polar surface area (TPSA) is 75.6 Å². The molecule has 0 heterocycles. The molecule has 5 heteroatoms. The molecule has 1 rings (SSSR count). The van der Waals surface area contributed by atoms with E-state index >= 15 is 0 Å². The van der Waals surface area contributed by atoms with Gasteiger partial charge in [0.2, 0.25) is 5.91 Å². The number of aliphatic carboxylic acids is 1. The van der Waals surface area contributed by atoms with Gasteiger partial charge in [-0.2, -0.15) is 0 Å². The maximum Gasteiger partial charge on any atom is 0.325 e. The van der Waals surface area contributed by atoms with E-state index in [1.165, 1.54) is 6.92 Å². The summed E-state index contributed by atoms with van der Waals surface area (Å²) in [5.74, 6) is -0.636. The van der Waals surface area contributed by atoms with E-state index in [0.717, 1.165) is 16.9 Å². The van der Waals surface area contributed by atoms with Crippen LogP contribution in [-0.4, -0.2) is 29.6 Å². The molecule has 19 heavy (non-hydrogen) atoms. The second kappa shape index (κ2) is 6.78. The molecule has 0 aliphatic carbocycles. The van der Waals surface area contributed by atoms with Crippen molar-refractivity contribution in [2.24, 2.45) is 0 Å². The smallest absolute Gasteiger partial charge is 0.325 e. The predicted molar refractivity (Wildman–Crippen MR) is 71.3 cm³/mol. The highest BCUT2D eigenvalue weighted by Gasteiger charge is 2.13. The number of carbonyl (C=O) groups is 2. The number of hydrogen-bond acceptors (Lipinski definition) is 3. The van der Waals surface area contributed by atoms with Crippen LogP contribution >= 0.6 is 0 Å². The summed E-state index contributed by atoms with van der Waals surface area (Å²) in [4.78, 5) is 22.0. The number of ether oxygens (including phenoxy) is 1. The number of benzene rings is 1. The minimum Gasteiger partial charge on any atom is -0.493 e. The number of hydrogen-bond donors (Lipinski definition) is 2. The van der Waals surface area contributed by atoms with E-state index in [0.29, 0.717) is 0 Å². The molecule has 5 nitrogen and oxygen atoms in total. The summed E-state index contributed by atoms with van der Waals surface area (Å²) < 4.78 is 5.52. The first-order valence-electron chi connectivity index (χ1n) is 6.13. The fraction of sp³-hybridized carbons (Fsp3) is 0.429. The van der Waals surface area contributed by atoms with E-state index in [9.17, 15) is 9.59 Å². The molecule has 0 aliphatic rings. The largest absolute Gasteiger partial charge is 0.493 e. The Bertz CT molecular complexity index is 471. The van der Waals surface area contributed by atoms with Crippen molar-refractivity contribution in [3.05, 3.63) is 29.3 Å². The van der Waals surface area contributed by atoms with Gasteiger partial charge in [-0.3, -0.25) is 9.59 Å². The molecule has 1 amide bonds. The van der Waals surface area contributed by atoms with Crippen LogP contribution in [0, 0.1) is 13.8 Å². The molecule has 1 aromatic rings. The summed E-state index contributed by atoms with van der Waals surface area (Å²) >= 11 is 0. The second-order valence-corrected chi connectivity index (χ2v) is 4.42. The SMILES string of the molecule is Cc1cccc(OCCC(=O)NC(C)C(=O)O)c1C. The Morgan fingerprint density at radius 3 is 2.68 bits per heavy atom. The molecule has 0 aromatic heterocycles.